The normalized spacial score (nSPS) is 12.2. The first-order valence-corrected chi connectivity index (χ1v) is 8.43. The molecule has 0 fully saturated rings. The van der Waals surface area contributed by atoms with Crippen LogP contribution in [0.5, 0.6) is 0 Å². The molecule has 1 aromatic carbocycles. The van der Waals surface area contributed by atoms with Crippen molar-refractivity contribution >= 4 is 17.3 Å². The molecule has 0 amide bonds. The Morgan fingerprint density at radius 3 is 2.86 bits per heavy atom. The number of hydrogen-bond acceptors (Lipinski definition) is 3. The van der Waals surface area contributed by atoms with E-state index >= 15 is 0 Å². The Kier molecular flexibility index (Phi) is 4.17. The fraction of sp³-hybridized carbons (Fsp3) is 0.222. The summed E-state index contributed by atoms with van der Waals surface area (Å²) >= 11 is 1.76. The summed E-state index contributed by atoms with van der Waals surface area (Å²) in [5.74, 6) is 0.206. The van der Waals surface area contributed by atoms with Crippen LogP contribution in [-0.4, -0.2) is 15.6 Å². The molecule has 1 atom stereocenters. The maximum Gasteiger partial charge on any atom is 0.0758 e. The average Bonchev–Trinajstić information content (AvgIpc) is 2.98. The van der Waals surface area contributed by atoms with E-state index in [0.29, 0.717) is 6.42 Å². The molecule has 3 nitrogen and oxygen atoms in total. The van der Waals surface area contributed by atoms with Crippen molar-refractivity contribution < 1.29 is 0 Å². The highest BCUT2D eigenvalue weighted by atomic mass is 32.2. The van der Waals surface area contributed by atoms with E-state index in [4.69, 9.17) is 5.26 Å². The number of fused-ring (bicyclic) bond motifs is 1. The van der Waals surface area contributed by atoms with Crippen LogP contribution in [0.1, 0.15) is 29.8 Å². The molecule has 0 saturated heterocycles. The van der Waals surface area contributed by atoms with Gasteiger partial charge in [0.05, 0.1) is 23.7 Å². The van der Waals surface area contributed by atoms with Gasteiger partial charge < -0.3 is 4.40 Å². The SMILES string of the molecule is CSc1ccccc1C(C)c1nccn2c(CC#N)ccc12. The molecule has 0 aliphatic heterocycles. The number of benzene rings is 1. The maximum atomic E-state index is 8.94. The second-order valence-electron chi connectivity index (χ2n) is 5.19. The quantitative estimate of drug-likeness (QED) is 0.676. The molecule has 2 heterocycles. The number of aromatic nitrogens is 2. The second kappa shape index (κ2) is 6.25. The van der Waals surface area contributed by atoms with Gasteiger partial charge in [-0.1, -0.05) is 25.1 Å². The molecule has 0 spiro atoms. The van der Waals surface area contributed by atoms with Gasteiger partial charge in [0.1, 0.15) is 0 Å². The Morgan fingerprint density at radius 1 is 1.27 bits per heavy atom. The molecule has 0 bridgehead atoms. The first-order chi connectivity index (χ1) is 10.8. The van der Waals surface area contributed by atoms with Crippen molar-refractivity contribution in [3.63, 3.8) is 0 Å². The Bertz CT molecular complexity index is 845. The van der Waals surface area contributed by atoms with E-state index in [0.717, 1.165) is 16.9 Å². The van der Waals surface area contributed by atoms with Crippen molar-refractivity contribution in [3.8, 4) is 6.07 Å². The van der Waals surface area contributed by atoms with Crippen LogP contribution in [0.3, 0.4) is 0 Å². The average molecular weight is 307 g/mol. The van der Waals surface area contributed by atoms with Crippen LogP contribution in [0, 0.1) is 11.3 Å². The molecule has 4 heteroatoms. The van der Waals surface area contributed by atoms with E-state index in [1.165, 1.54) is 10.5 Å². The van der Waals surface area contributed by atoms with Crippen molar-refractivity contribution in [2.24, 2.45) is 0 Å². The third kappa shape index (κ3) is 2.49. The zero-order chi connectivity index (χ0) is 15.5. The Morgan fingerprint density at radius 2 is 2.09 bits per heavy atom. The molecular weight excluding hydrogens is 290 g/mol. The molecule has 3 aromatic rings. The monoisotopic (exact) mass is 307 g/mol. The fourth-order valence-electron chi connectivity index (χ4n) is 2.85. The van der Waals surface area contributed by atoms with Crippen molar-refractivity contribution in [1.29, 1.82) is 5.26 Å². The van der Waals surface area contributed by atoms with Gasteiger partial charge in [0.25, 0.3) is 0 Å². The topological polar surface area (TPSA) is 41.1 Å². The van der Waals surface area contributed by atoms with E-state index in [1.807, 2.05) is 18.5 Å². The van der Waals surface area contributed by atoms with Crippen molar-refractivity contribution in [2.45, 2.75) is 24.2 Å². The predicted molar refractivity (Wildman–Crippen MR) is 90.2 cm³/mol. The molecule has 0 radical (unpaired) electrons. The minimum absolute atomic E-state index is 0.206. The third-order valence-corrected chi connectivity index (χ3v) is 4.78. The van der Waals surface area contributed by atoms with Gasteiger partial charge in [-0.3, -0.25) is 4.98 Å². The highest BCUT2D eigenvalue weighted by Gasteiger charge is 2.17. The lowest BCUT2D eigenvalue weighted by Gasteiger charge is -2.16. The number of nitrogens with zero attached hydrogens (tertiary/aromatic N) is 3. The van der Waals surface area contributed by atoms with Gasteiger partial charge in [-0.15, -0.1) is 11.8 Å². The summed E-state index contributed by atoms with van der Waals surface area (Å²) in [6.07, 6.45) is 6.26. The third-order valence-electron chi connectivity index (χ3n) is 3.97. The lowest BCUT2D eigenvalue weighted by Crippen LogP contribution is -2.04. The first kappa shape index (κ1) is 14.7. The maximum absolute atomic E-state index is 8.94. The van der Waals surface area contributed by atoms with Crippen LogP contribution in [0.2, 0.25) is 0 Å². The molecule has 110 valence electrons. The standard InChI is InChI=1S/C18H17N3S/c1-13(15-5-3-4-6-17(15)22-2)18-16-8-7-14(9-10-19)21(16)12-11-20-18/h3-8,11-13H,9H2,1-2H3. The van der Waals surface area contributed by atoms with Crippen LogP contribution < -0.4 is 0 Å². The predicted octanol–water partition coefficient (Wildman–Crippen LogP) is 4.27. The van der Waals surface area contributed by atoms with Gasteiger partial charge in [-0.25, -0.2) is 0 Å². The summed E-state index contributed by atoms with van der Waals surface area (Å²) in [5.41, 5.74) is 4.43. The molecule has 2 aromatic heterocycles. The van der Waals surface area contributed by atoms with E-state index in [-0.39, 0.29) is 5.92 Å². The highest BCUT2D eigenvalue weighted by molar-refractivity contribution is 7.98. The van der Waals surface area contributed by atoms with Crippen molar-refractivity contribution in [3.05, 3.63) is 65.7 Å². The smallest absolute Gasteiger partial charge is 0.0758 e. The molecular formula is C18H17N3S. The van der Waals surface area contributed by atoms with Crippen LogP contribution in [0.25, 0.3) is 5.52 Å². The van der Waals surface area contributed by atoms with Gasteiger partial charge in [0.2, 0.25) is 0 Å². The zero-order valence-electron chi connectivity index (χ0n) is 12.7. The minimum Gasteiger partial charge on any atom is -0.317 e. The zero-order valence-corrected chi connectivity index (χ0v) is 13.5. The lowest BCUT2D eigenvalue weighted by atomic mass is 9.97. The van der Waals surface area contributed by atoms with E-state index in [9.17, 15) is 0 Å². The van der Waals surface area contributed by atoms with Gasteiger partial charge in [0, 0.05) is 28.9 Å². The number of hydrogen-bond donors (Lipinski definition) is 0. The van der Waals surface area contributed by atoms with Gasteiger partial charge >= 0.3 is 0 Å². The Hall–Kier alpha value is -2.25. The number of nitriles is 1. The van der Waals surface area contributed by atoms with Gasteiger partial charge in [-0.05, 0) is 30.0 Å². The highest BCUT2D eigenvalue weighted by Crippen LogP contribution is 2.32. The van der Waals surface area contributed by atoms with Gasteiger partial charge in [-0.2, -0.15) is 5.26 Å². The van der Waals surface area contributed by atoms with Crippen molar-refractivity contribution in [2.75, 3.05) is 6.26 Å². The molecule has 3 rings (SSSR count). The summed E-state index contributed by atoms with van der Waals surface area (Å²) in [5, 5.41) is 8.94. The molecule has 22 heavy (non-hydrogen) atoms. The van der Waals surface area contributed by atoms with Crippen LogP contribution >= 0.6 is 11.8 Å². The summed E-state index contributed by atoms with van der Waals surface area (Å²) in [6.45, 7) is 2.19. The minimum atomic E-state index is 0.206. The molecule has 0 aliphatic carbocycles. The molecule has 1 unspecified atom stereocenters. The summed E-state index contributed by atoms with van der Waals surface area (Å²) in [6, 6.07) is 14.7. The van der Waals surface area contributed by atoms with Crippen LogP contribution in [-0.2, 0) is 6.42 Å². The van der Waals surface area contributed by atoms with E-state index in [1.54, 1.807) is 11.8 Å². The second-order valence-corrected chi connectivity index (χ2v) is 6.04. The lowest BCUT2D eigenvalue weighted by molar-refractivity contribution is 0.844. The molecule has 0 aliphatic rings. The van der Waals surface area contributed by atoms with Crippen molar-refractivity contribution in [1.82, 2.24) is 9.38 Å². The van der Waals surface area contributed by atoms with Crippen LogP contribution in [0.4, 0.5) is 0 Å². The fourth-order valence-corrected chi connectivity index (χ4v) is 3.55. The van der Waals surface area contributed by atoms with Gasteiger partial charge in [0.15, 0.2) is 0 Å². The Balaban J connectivity index is 2.12. The largest absolute Gasteiger partial charge is 0.317 e. The summed E-state index contributed by atoms with van der Waals surface area (Å²) in [4.78, 5) is 5.90. The summed E-state index contributed by atoms with van der Waals surface area (Å²) in [7, 11) is 0. The van der Waals surface area contributed by atoms with E-state index < -0.39 is 0 Å². The van der Waals surface area contributed by atoms with Crippen LogP contribution in [0.15, 0.2) is 53.7 Å². The first-order valence-electron chi connectivity index (χ1n) is 7.21. The summed E-state index contributed by atoms with van der Waals surface area (Å²) < 4.78 is 2.07. The Labute approximate surface area is 134 Å². The molecule has 0 saturated carbocycles. The number of thioether (sulfide) groups is 1. The molecule has 0 N–H and O–H groups in total. The van der Waals surface area contributed by atoms with E-state index in [2.05, 4.69) is 59.0 Å². The number of rotatable bonds is 4.